The Balaban J connectivity index is 1.54. The van der Waals surface area contributed by atoms with Crippen LogP contribution in [-0.2, 0) is 10.1 Å². The second kappa shape index (κ2) is 6.91. The molecule has 4 rings (SSSR count). The van der Waals surface area contributed by atoms with Gasteiger partial charge in [-0.25, -0.2) is 4.52 Å². The molecule has 1 aliphatic carbocycles. The minimum absolute atomic E-state index is 0.447. The van der Waals surface area contributed by atoms with Crippen LogP contribution in [0.2, 0.25) is 0 Å². The first kappa shape index (κ1) is 15.6. The Morgan fingerprint density at radius 2 is 2.00 bits per heavy atom. The van der Waals surface area contributed by atoms with Gasteiger partial charge in [0.25, 0.3) is 0 Å². The highest BCUT2D eigenvalue weighted by atomic mass is 79.9. The maximum atomic E-state index is 5.59. The van der Waals surface area contributed by atoms with Crippen LogP contribution >= 0.6 is 15.9 Å². The average Bonchev–Trinajstić information content (AvgIpc) is 3.35. The van der Waals surface area contributed by atoms with E-state index in [4.69, 9.17) is 4.74 Å². The summed E-state index contributed by atoms with van der Waals surface area (Å²) in [4.78, 5) is 4.52. The minimum atomic E-state index is 0.447. The number of halogens is 1. The standard InChI is InChI=1S/C18H19BrN4O/c19-10-13-6-8-15(9-7-13)16-2-1-3-17-21-18(22-23(16)17)20-12-24-11-14-4-5-14/h1-3,6-9,14H,4-5,10-12H2,(H,20,22). The molecule has 0 saturated heterocycles. The molecule has 1 aliphatic rings. The third-order valence-electron chi connectivity index (χ3n) is 4.15. The van der Waals surface area contributed by atoms with Gasteiger partial charge in [0.1, 0.15) is 6.73 Å². The van der Waals surface area contributed by atoms with E-state index in [0.29, 0.717) is 12.7 Å². The second-order valence-electron chi connectivity index (χ2n) is 6.08. The first-order chi connectivity index (χ1) is 11.8. The van der Waals surface area contributed by atoms with E-state index in [1.807, 2.05) is 16.6 Å². The van der Waals surface area contributed by atoms with Crippen molar-refractivity contribution in [1.29, 1.82) is 0 Å². The number of benzene rings is 1. The van der Waals surface area contributed by atoms with Crippen LogP contribution in [-0.4, -0.2) is 27.9 Å². The van der Waals surface area contributed by atoms with Crippen LogP contribution in [0.15, 0.2) is 42.5 Å². The summed E-state index contributed by atoms with van der Waals surface area (Å²) < 4.78 is 7.46. The number of nitrogens with zero attached hydrogens (tertiary/aromatic N) is 3. The molecule has 1 fully saturated rings. The highest BCUT2D eigenvalue weighted by Crippen LogP contribution is 2.28. The Morgan fingerprint density at radius 3 is 2.75 bits per heavy atom. The zero-order chi connectivity index (χ0) is 16.4. The molecule has 5 nitrogen and oxygen atoms in total. The van der Waals surface area contributed by atoms with E-state index >= 15 is 0 Å². The van der Waals surface area contributed by atoms with Gasteiger partial charge in [-0.3, -0.25) is 0 Å². The van der Waals surface area contributed by atoms with Crippen LogP contribution in [0.3, 0.4) is 0 Å². The Kier molecular flexibility index (Phi) is 4.49. The fraction of sp³-hybridized carbons (Fsp3) is 0.333. The van der Waals surface area contributed by atoms with Gasteiger partial charge in [0.2, 0.25) is 5.95 Å². The molecule has 124 valence electrons. The topological polar surface area (TPSA) is 51.5 Å². The van der Waals surface area contributed by atoms with E-state index in [2.05, 4.69) is 61.7 Å². The molecule has 0 aliphatic heterocycles. The number of aromatic nitrogens is 3. The quantitative estimate of drug-likeness (QED) is 0.377. The SMILES string of the molecule is BrCc1ccc(-c2cccc3nc(NCOCC4CC4)nn23)cc1. The summed E-state index contributed by atoms with van der Waals surface area (Å²) in [7, 11) is 0. The first-order valence-corrected chi connectivity index (χ1v) is 9.28. The summed E-state index contributed by atoms with van der Waals surface area (Å²) in [5.74, 6) is 1.35. The molecule has 24 heavy (non-hydrogen) atoms. The molecular weight excluding hydrogens is 368 g/mol. The summed E-state index contributed by atoms with van der Waals surface area (Å²) in [6, 6.07) is 14.5. The van der Waals surface area contributed by atoms with Crippen LogP contribution in [0.1, 0.15) is 18.4 Å². The van der Waals surface area contributed by atoms with Gasteiger partial charge < -0.3 is 10.1 Å². The van der Waals surface area contributed by atoms with Gasteiger partial charge in [0, 0.05) is 10.9 Å². The molecule has 6 heteroatoms. The normalized spacial score (nSPS) is 14.2. The fourth-order valence-corrected chi connectivity index (χ4v) is 2.96. The number of anilines is 1. The predicted molar refractivity (Wildman–Crippen MR) is 98.2 cm³/mol. The Bertz CT molecular complexity index is 827. The van der Waals surface area contributed by atoms with Crippen LogP contribution < -0.4 is 5.32 Å². The number of fused-ring (bicyclic) bond motifs is 1. The largest absolute Gasteiger partial charge is 0.361 e. The van der Waals surface area contributed by atoms with Gasteiger partial charge >= 0.3 is 0 Å². The predicted octanol–water partition coefficient (Wildman–Crippen LogP) is 4.09. The molecule has 0 spiro atoms. The molecule has 1 aromatic carbocycles. The molecule has 0 bridgehead atoms. The zero-order valence-corrected chi connectivity index (χ0v) is 14.9. The summed E-state index contributed by atoms with van der Waals surface area (Å²) in [6.45, 7) is 1.27. The maximum absolute atomic E-state index is 5.59. The molecule has 0 amide bonds. The number of rotatable bonds is 7. The molecular formula is C18H19BrN4O. The monoisotopic (exact) mass is 386 g/mol. The van der Waals surface area contributed by atoms with Gasteiger partial charge in [-0.15, -0.1) is 5.10 Å². The van der Waals surface area contributed by atoms with Gasteiger partial charge in [0.15, 0.2) is 5.65 Å². The van der Waals surface area contributed by atoms with Crippen LogP contribution in [0.25, 0.3) is 16.9 Å². The Labute approximate surface area is 149 Å². The lowest BCUT2D eigenvalue weighted by Gasteiger charge is -2.05. The number of hydrogen-bond acceptors (Lipinski definition) is 4. The average molecular weight is 387 g/mol. The third-order valence-corrected chi connectivity index (χ3v) is 4.79. The summed E-state index contributed by atoms with van der Waals surface area (Å²) in [5.41, 5.74) is 4.21. The van der Waals surface area contributed by atoms with E-state index < -0.39 is 0 Å². The highest BCUT2D eigenvalue weighted by molar-refractivity contribution is 9.08. The lowest BCUT2D eigenvalue weighted by Crippen LogP contribution is -2.09. The van der Waals surface area contributed by atoms with Crippen molar-refractivity contribution in [2.45, 2.75) is 18.2 Å². The van der Waals surface area contributed by atoms with E-state index in [1.54, 1.807) is 0 Å². The van der Waals surface area contributed by atoms with Gasteiger partial charge in [-0.1, -0.05) is 46.3 Å². The van der Waals surface area contributed by atoms with E-state index in [0.717, 1.165) is 34.8 Å². The number of alkyl halides is 1. The minimum Gasteiger partial charge on any atom is -0.361 e. The highest BCUT2D eigenvalue weighted by Gasteiger charge is 2.21. The van der Waals surface area contributed by atoms with Crippen LogP contribution in [0.5, 0.6) is 0 Å². The lowest BCUT2D eigenvalue weighted by molar-refractivity contribution is 0.141. The van der Waals surface area contributed by atoms with Gasteiger partial charge in [-0.05, 0) is 36.5 Å². The van der Waals surface area contributed by atoms with Crippen molar-refractivity contribution >= 4 is 27.5 Å². The Hall–Kier alpha value is -1.92. The molecule has 2 aromatic heterocycles. The van der Waals surface area contributed by atoms with Crippen molar-refractivity contribution in [2.75, 3.05) is 18.7 Å². The summed E-state index contributed by atoms with van der Waals surface area (Å²) in [5, 5.41) is 8.57. The molecule has 3 aromatic rings. The smallest absolute Gasteiger partial charge is 0.244 e. The zero-order valence-electron chi connectivity index (χ0n) is 13.3. The molecule has 1 saturated carbocycles. The van der Waals surface area contributed by atoms with E-state index in [9.17, 15) is 0 Å². The van der Waals surface area contributed by atoms with Gasteiger partial charge in [-0.2, -0.15) is 4.98 Å². The molecule has 0 unspecified atom stereocenters. The number of ether oxygens (including phenoxy) is 1. The molecule has 0 atom stereocenters. The van der Waals surface area contributed by atoms with E-state index in [1.165, 1.54) is 18.4 Å². The summed E-state index contributed by atoms with van der Waals surface area (Å²) in [6.07, 6.45) is 2.59. The van der Waals surface area contributed by atoms with Crippen molar-refractivity contribution in [3.63, 3.8) is 0 Å². The number of hydrogen-bond donors (Lipinski definition) is 1. The van der Waals surface area contributed by atoms with Crippen LogP contribution in [0, 0.1) is 5.92 Å². The van der Waals surface area contributed by atoms with Crippen molar-refractivity contribution in [3.05, 3.63) is 48.0 Å². The molecule has 1 N–H and O–H groups in total. The first-order valence-electron chi connectivity index (χ1n) is 8.16. The Morgan fingerprint density at radius 1 is 1.17 bits per heavy atom. The number of pyridine rings is 1. The lowest BCUT2D eigenvalue weighted by atomic mass is 10.1. The van der Waals surface area contributed by atoms with Crippen molar-refractivity contribution in [1.82, 2.24) is 14.6 Å². The molecule has 0 radical (unpaired) electrons. The van der Waals surface area contributed by atoms with Crippen molar-refractivity contribution in [2.24, 2.45) is 5.92 Å². The summed E-state index contributed by atoms with van der Waals surface area (Å²) >= 11 is 3.48. The van der Waals surface area contributed by atoms with Crippen molar-refractivity contribution in [3.8, 4) is 11.3 Å². The van der Waals surface area contributed by atoms with Gasteiger partial charge in [0.05, 0.1) is 12.3 Å². The molecule has 2 heterocycles. The van der Waals surface area contributed by atoms with E-state index in [-0.39, 0.29) is 0 Å². The van der Waals surface area contributed by atoms with Crippen molar-refractivity contribution < 1.29 is 4.74 Å². The maximum Gasteiger partial charge on any atom is 0.244 e. The van der Waals surface area contributed by atoms with Crippen LogP contribution in [0.4, 0.5) is 5.95 Å². The fourth-order valence-electron chi connectivity index (χ4n) is 2.59. The number of nitrogens with one attached hydrogen (secondary N) is 1. The second-order valence-corrected chi connectivity index (χ2v) is 6.64. The third kappa shape index (κ3) is 3.44.